The summed E-state index contributed by atoms with van der Waals surface area (Å²) in [5, 5.41) is 6.35. The second kappa shape index (κ2) is 6.62. The van der Waals surface area contributed by atoms with Gasteiger partial charge in [-0.15, -0.1) is 0 Å². The molecule has 130 valence electrons. The molecule has 0 saturated heterocycles. The maximum absolute atomic E-state index is 12.3. The molecule has 1 aromatic heterocycles. The molecule has 24 heavy (non-hydrogen) atoms. The van der Waals surface area contributed by atoms with E-state index in [0.29, 0.717) is 17.1 Å². The summed E-state index contributed by atoms with van der Waals surface area (Å²) in [5.41, 5.74) is 1.16. The van der Waals surface area contributed by atoms with E-state index in [1.807, 2.05) is 0 Å². The highest BCUT2D eigenvalue weighted by atomic mass is 32.2. The Morgan fingerprint density at radius 3 is 2.33 bits per heavy atom. The maximum atomic E-state index is 12.3. The van der Waals surface area contributed by atoms with Gasteiger partial charge in [0.1, 0.15) is 5.76 Å². The smallest absolute Gasteiger partial charge is 0.277 e. The van der Waals surface area contributed by atoms with Crippen LogP contribution in [0.25, 0.3) is 0 Å². The van der Waals surface area contributed by atoms with Crippen LogP contribution in [0.3, 0.4) is 0 Å². The first-order chi connectivity index (χ1) is 11.1. The van der Waals surface area contributed by atoms with E-state index in [0.717, 1.165) is 4.31 Å². The second-order valence-electron chi connectivity index (χ2n) is 5.64. The predicted molar refractivity (Wildman–Crippen MR) is 90.8 cm³/mol. The minimum atomic E-state index is -3.61. The summed E-state index contributed by atoms with van der Waals surface area (Å²) in [6.07, 6.45) is 0. The van der Waals surface area contributed by atoms with E-state index < -0.39 is 15.9 Å². The van der Waals surface area contributed by atoms with Crippen LogP contribution in [0.1, 0.15) is 16.2 Å². The Bertz CT molecular complexity index is 856. The lowest BCUT2D eigenvalue weighted by Crippen LogP contribution is -2.23. The van der Waals surface area contributed by atoms with E-state index in [2.05, 4.69) is 10.5 Å². The number of rotatable bonds is 5. The number of nitrogens with one attached hydrogen (secondary N) is 1. The monoisotopic (exact) mass is 352 g/mol. The summed E-state index contributed by atoms with van der Waals surface area (Å²) in [7, 11) is 2.89. The fourth-order valence-corrected chi connectivity index (χ4v) is 2.96. The van der Waals surface area contributed by atoms with Crippen molar-refractivity contribution in [3.05, 3.63) is 35.7 Å². The number of hydrogen-bond acceptors (Lipinski definition) is 6. The van der Waals surface area contributed by atoms with Crippen LogP contribution in [0.5, 0.6) is 0 Å². The molecule has 9 heteroatoms. The van der Waals surface area contributed by atoms with Crippen LogP contribution in [0, 0.1) is 6.92 Å². The molecular weight excluding hydrogens is 332 g/mol. The quantitative estimate of drug-likeness (QED) is 0.877. The van der Waals surface area contributed by atoms with Crippen LogP contribution < -0.4 is 10.2 Å². The molecule has 2 rings (SSSR count). The van der Waals surface area contributed by atoms with E-state index >= 15 is 0 Å². The largest absolute Gasteiger partial charge is 0.376 e. The van der Waals surface area contributed by atoms with E-state index in [-0.39, 0.29) is 10.6 Å². The number of nitrogens with zero attached hydrogens (tertiary/aromatic N) is 3. The first-order valence-corrected chi connectivity index (χ1v) is 8.55. The Kier molecular flexibility index (Phi) is 4.95. The van der Waals surface area contributed by atoms with E-state index in [1.54, 1.807) is 32.0 Å². The van der Waals surface area contributed by atoms with Crippen molar-refractivity contribution in [2.45, 2.75) is 11.8 Å². The minimum Gasteiger partial charge on any atom is -0.376 e. The molecule has 0 radical (unpaired) electrons. The van der Waals surface area contributed by atoms with Crippen LogP contribution in [-0.2, 0) is 10.0 Å². The number of carbonyl (C=O) groups excluding carboxylic acids is 1. The summed E-state index contributed by atoms with van der Waals surface area (Å²) < 4.78 is 30.6. The van der Waals surface area contributed by atoms with Gasteiger partial charge in [0.2, 0.25) is 10.0 Å². The standard InChI is InChI=1S/C15H20N4O4S/c1-10-8-13(17-23-10)15(20)16-12-9-11(24(21,22)19(4)5)6-7-14(12)18(2)3/h6-9H,1-5H3,(H,16,20). The summed E-state index contributed by atoms with van der Waals surface area (Å²) in [4.78, 5) is 14.1. The van der Waals surface area contributed by atoms with E-state index in [1.165, 1.54) is 32.3 Å². The fourth-order valence-electron chi connectivity index (χ4n) is 2.04. The van der Waals surface area contributed by atoms with Crippen molar-refractivity contribution in [1.29, 1.82) is 0 Å². The third-order valence-electron chi connectivity index (χ3n) is 3.34. The number of benzene rings is 1. The van der Waals surface area contributed by atoms with Gasteiger partial charge < -0.3 is 14.7 Å². The lowest BCUT2D eigenvalue weighted by Gasteiger charge is -2.19. The predicted octanol–water partition coefficient (Wildman–Crippen LogP) is 1.55. The summed E-state index contributed by atoms with van der Waals surface area (Å²) in [5.74, 6) is 0.0336. The number of amides is 1. The Morgan fingerprint density at radius 1 is 1.17 bits per heavy atom. The zero-order valence-corrected chi connectivity index (χ0v) is 15.0. The van der Waals surface area contributed by atoms with Gasteiger partial charge in [-0.1, -0.05) is 5.16 Å². The average molecular weight is 352 g/mol. The van der Waals surface area contributed by atoms with Gasteiger partial charge in [0.15, 0.2) is 5.69 Å². The van der Waals surface area contributed by atoms with Crippen LogP contribution in [0.4, 0.5) is 11.4 Å². The molecule has 2 aromatic rings. The number of anilines is 2. The molecule has 0 unspecified atom stereocenters. The molecule has 0 bridgehead atoms. The van der Waals surface area contributed by atoms with Crippen molar-refractivity contribution in [2.75, 3.05) is 38.4 Å². The molecule has 1 heterocycles. The van der Waals surface area contributed by atoms with Crippen molar-refractivity contribution in [3.8, 4) is 0 Å². The van der Waals surface area contributed by atoms with E-state index in [4.69, 9.17) is 4.52 Å². The van der Waals surface area contributed by atoms with Crippen LogP contribution in [0.15, 0.2) is 33.7 Å². The molecule has 1 N–H and O–H groups in total. The molecular formula is C15H20N4O4S. The van der Waals surface area contributed by atoms with Crippen molar-refractivity contribution in [2.24, 2.45) is 0 Å². The lowest BCUT2D eigenvalue weighted by molar-refractivity contribution is 0.101. The van der Waals surface area contributed by atoms with Gasteiger partial charge in [-0.05, 0) is 25.1 Å². The average Bonchev–Trinajstić information content (AvgIpc) is 2.93. The van der Waals surface area contributed by atoms with Crippen LogP contribution in [-0.4, -0.2) is 52.0 Å². The summed E-state index contributed by atoms with van der Waals surface area (Å²) in [6, 6.07) is 6.07. The fraction of sp³-hybridized carbons (Fsp3) is 0.333. The number of aromatic nitrogens is 1. The Labute approximate surface area is 141 Å². The molecule has 8 nitrogen and oxygen atoms in total. The highest BCUT2D eigenvalue weighted by Gasteiger charge is 2.21. The number of hydrogen-bond donors (Lipinski definition) is 1. The Hall–Kier alpha value is -2.39. The molecule has 1 aromatic carbocycles. The number of aryl methyl sites for hydroxylation is 1. The van der Waals surface area contributed by atoms with Gasteiger partial charge in [0.25, 0.3) is 5.91 Å². The second-order valence-corrected chi connectivity index (χ2v) is 7.79. The van der Waals surface area contributed by atoms with Gasteiger partial charge in [-0.2, -0.15) is 0 Å². The van der Waals surface area contributed by atoms with Gasteiger partial charge >= 0.3 is 0 Å². The zero-order valence-electron chi connectivity index (χ0n) is 14.2. The minimum absolute atomic E-state index is 0.0877. The van der Waals surface area contributed by atoms with Gasteiger partial charge in [0, 0.05) is 34.3 Å². The highest BCUT2D eigenvalue weighted by molar-refractivity contribution is 7.89. The normalized spacial score (nSPS) is 11.6. The van der Waals surface area contributed by atoms with Crippen molar-refractivity contribution >= 4 is 27.3 Å². The maximum Gasteiger partial charge on any atom is 0.277 e. The van der Waals surface area contributed by atoms with Gasteiger partial charge in [-0.3, -0.25) is 4.79 Å². The SMILES string of the molecule is Cc1cc(C(=O)Nc2cc(S(=O)(=O)N(C)C)ccc2N(C)C)no1. The lowest BCUT2D eigenvalue weighted by atomic mass is 10.2. The zero-order chi connectivity index (χ0) is 18.1. The summed E-state index contributed by atoms with van der Waals surface area (Å²) >= 11 is 0. The molecule has 0 aliphatic rings. The molecule has 0 spiro atoms. The van der Waals surface area contributed by atoms with Gasteiger partial charge in [0.05, 0.1) is 16.3 Å². The summed E-state index contributed by atoms with van der Waals surface area (Å²) in [6.45, 7) is 1.68. The van der Waals surface area contributed by atoms with Crippen molar-refractivity contribution in [1.82, 2.24) is 9.46 Å². The van der Waals surface area contributed by atoms with Crippen molar-refractivity contribution in [3.63, 3.8) is 0 Å². The molecule has 0 saturated carbocycles. The van der Waals surface area contributed by atoms with Crippen LogP contribution >= 0.6 is 0 Å². The third kappa shape index (κ3) is 3.57. The van der Waals surface area contributed by atoms with E-state index in [9.17, 15) is 13.2 Å². The molecule has 0 atom stereocenters. The molecule has 0 aliphatic carbocycles. The first kappa shape index (κ1) is 18.0. The highest BCUT2D eigenvalue weighted by Crippen LogP contribution is 2.29. The van der Waals surface area contributed by atoms with Crippen LogP contribution in [0.2, 0.25) is 0 Å². The molecule has 1 amide bonds. The third-order valence-corrected chi connectivity index (χ3v) is 5.15. The topological polar surface area (TPSA) is 95.8 Å². The molecule has 0 fully saturated rings. The molecule has 0 aliphatic heterocycles. The van der Waals surface area contributed by atoms with Gasteiger partial charge in [-0.25, -0.2) is 12.7 Å². The number of carbonyl (C=O) groups is 1. The Morgan fingerprint density at radius 2 is 1.83 bits per heavy atom. The van der Waals surface area contributed by atoms with Crippen molar-refractivity contribution < 1.29 is 17.7 Å². The Balaban J connectivity index is 2.44. The first-order valence-electron chi connectivity index (χ1n) is 7.11. The number of sulfonamides is 1.